The van der Waals surface area contributed by atoms with Crippen LogP contribution in [0.2, 0.25) is 0 Å². The smallest absolute Gasteiger partial charge is 0.242 e. The summed E-state index contributed by atoms with van der Waals surface area (Å²) < 4.78 is 77.2. The van der Waals surface area contributed by atoms with Crippen molar-refractivity contribution in [2.45, 2.75) is 58.0 Å². The van der Waals surface area contributed by atoms with Crippen molar-refractivity contribution in [3.05, 3.63) is 124 Å². The number of aromatic nitrogens is 2. The molecule has 1 fully saturated rings. The summed E-state index contributed by atoms with van der Waals surface area (Å²) >= 11 is 0.371. The fourth-order valence-corrected chi connectivity index (χ4v) is 6.86. The number of anilines is 1. The van der Waals surface area contributed by atoms with E-state index in [4.69, 9.17) is 4.74 Å². The Bertz CT molecular complexity index is 1880. The fourth-order valence-electron chi connectivity index (χ4n) is 6.08. The first kappa shape index (κ1) is 36.9. The second-order valence-electron chi connectivity index (χ2n) is 12.3. The largest absolute Gasteiger partial charge is 0.497 e. The van der Waals surface area contributed by atoms with E-state index in [1.165, 1.54) is 36.2 Å². The maximum atomic E-state index is 14.6. The number of halogens is 5. The number of amides is 1. The van der Waals surface area contributed by atoms with Crippen LogP contribution in [0.5, 0.6) is 5.75 Å². The molecule has 0 saturated heterocycles. The van der Waals surface area contributed by atoms with E-state index in [1.54, 1.807) is 18.2 Å². The third-order valence-corrected chi connectivity index (χ3v) is 9.83. The second kappa shape index (κ2) is 17.0. The standard InChI is InChI=1S/C38H39F5N4O2S/c1-25(40)38(37(43)36(42)33(41)20-39)50-45(2)24-35(48)46(22-26-9-13-29(14-10-26)28-7-5-4-6-8-28)31-15-18-34-30(19-31)21-44-47(34)23-27-11-16-32(49-3)17-12-27/h9-21,28H,4-8,22-24H2,1-3H3/b33-20-,37-36-,38-25-. The first-order valence-electron chi connectivity index (χ1n) is 16.3. The van der Waals surface area contributed by atoms with Gasteiger partial charge in [-0.05, 0) is 91.7 Å². The zero-order chi connectivity index (χ0) is 35.8. The van der Waals surface area contributed by atoms with Crippen molar-refractivity contribution in [2.75, 3.05) is 25.6 Å². The summed E-state index contributed by atoms with van der Waals surface area (Å²) in [4.78, 5) is 14.6. The van der Waals surface area contributed by atoms with E-state index in [0.717, 1.165) is 47.5 Å². The lowest BCUT2D eigenvalue weighted by Gasteiger charge is -2.26. The molecule has 0 aliphatic heterocycles. The van der Waals surface area contributed by atoms with Gasteiger partial charge in [0, 0.05) is 11.1 Å². The lowest BCUT2D eigenvalue weighted by Crippen LogP contribution is -2.37. The molecule has 1 heterocycles. The molecule has 1 aromatic heterocycles. The molecule has 1 aliphatic carbocycles. The zero-order valence-corrected chi connectivity index (χ0v) is 29.0. The van der Waals surface area contributed by atoms with Crippen molar-refractivity contribution in [3.63, 3.8) is 0 Å². The van der Waals surface area contributed by atoms with Gasteiger partial charge in [-0.15, -0.1) is 0 Å². The van der Waals surface area contributed by atoms with E-state index in [-0.39, 0.29) is 13.1 Å². The van der Waals surface area contributed by atoms with Crippen LogP contribution in [0.1, 0.15) is 61.6 Å². The Balaban J connectivity index is 1.40. The molecule has 1 amide bonds. The monoisotopic (exact) mass is 710 g/mol. The highest BCUT2D eigenvalue weighted by Crippen LogP contribution is 2.36. The highest BCUT2D eigenvalue weighted by molar-refractivity contribution is 8.01. The van der Waals surface area contributed by atoms with Crippen LogP contribution < -0.4 is 9.64 Å². The van der Waals surface area contributed by atoms with Gasteiger partial charge in [-0.2, -0.15) is 5.10 Å². The van der Waals surface area contributed by atoms with Gasteiger partial charge >= 0.3 is 0 Å². The minimum atomic E-state index is -2.18. The first-order chi connectivity index (χ1) is 24.1. The molecule has 0 unspecified atom stereocenters. The average Bonchev–Trinajstić information content (AvgIpc) is 3.54. The summed E-state index contributed by atoms with van der Waals surface area (Å²) in [6.07, 6.45) is 6.97. The Morgan fingerprint density at radius 1 is 0.960 bits per heavy atom. The molecule has 0 N–H and O–H groups in total. The van der Waals surface area contributed by atoms with Crippen molar-refractivity contribution in [1.82, 2.24) is 14.1 Å². The van der Waals surface area contributed by atoms with Crippen LogP contribution in [0.15, 0.2) is 107 Å². The fraction of sp³-hybridized carbons (Fsp3) is 0.316. The summed E-state index contributed by atoms with van der Waals surface area (Å²) in [6.45, 7) is 1.22. The molecular formula is C38H39F5N4O2S. The summed E-state index contributed by atoms with van der Waals surface area (Å²) in [7, 11) is 3.00. The summed E-state index contributed by atoms with van der Waals surface area (Å²) in [5.41, 5.74) is 4.61. The maximum absolute atomic E-state index is 14.6. The van der Waals surface area contributed by atoms with Crippen LogP contribution in [0.3, 0.4) is 0 Å². The van der Waals surface area contributed by atoms with Gasteiger partial charge in [-0.1, -0.05) is 55.7 Å². The number of nitrogens with zero attached hydrogens (tertiary/aromatic N) is 4. The van der Waals surface area contributed by atoms with E-state index < -0.39 is 40.4 Å². The molecule has 1 saturated carbocycles. The Labute approximate surface area is 293 Å². The number of ether oxygens (including phenoxy) is 1. The summed E-state index contributed by atoms with van der Waals surface area (Å²) in [6, 6.07) is 21.5. The third kappa shape index (κ3) is 9.02. The number of carbonyl (C=O) groups excluding carboxylic acids is 1. The second-order valence-corrected chi connectivity index (χ2v) is 13.5. The molecular weight excluding hydrogens is 672 g/mol. The predicted molar refractivity (Wildman–Crippen MR) is 189 cm³/mol. The lowest BCUT2D eigenvalue weighted by atomic mass is 9.84. The Morgan fingerprint density at radius 3 is 2.28 bits per heavy atom. The van der Waals surface area contributed by atoms with Gasteiger partial charge in [-0.25, -0.2) is 26.3 Å². The van der Waals surface area contributed by atoms with Gasteiger partial charge in [0.25, 0.3) is 0 Å². The average molecular weight is 711 g/mol. The van der Waals surface area contributed by atoms with Crippen molar-refractivity contribution in [1.29, 1.82) is 0 Å². The molecule has 264 valence electrons. The maximum Gasteiger partial charge on any atom is 0.242 e. The molecule has 3 aromatic carbocycles. The van der Waals surface area contributed by atoms with Gasteiger partial charge < -0.3 is 9.64 Å². The van der Waals surface area contributed by atoms with Gasteiger partial charge in [0.1, 0.15) is 17.9 Å². The van der Waals surface area contributed by atoms with E-state index in [0.29, 0.717) is 30.1 Å². The number of methoxy groups -OCH3 is 1. The normalized spacial score (nSPS) is 15.3. The van der Waals surface area contributed by atoms with Crippen LogP contribution in [0.4, 0.5) is 27.6 Å². The first-order valence-corrected chi connectivity index (χ1v) is 17.1. The van der Waals surface area contributed by atoms with E-state index in [2.05, 4.69) is 17.2 Å². The van der Waals surface area contributed by atoms with E-state index >= 15 is 0 Å². The molecule has 0 radical (unpaired) electrons. The van der Waals surface area contributed by atoms with E-state index in [9.17, 15) is 26.7 Å². The molecule has 0 spiro atoms. The van der Waals surface area contributed by atoms with Crippen molar-refractivity contribution in [2.24, 2.45) is 0 Å². The number of hydrogen-bond donors (Lipinski definition) is 0. The summed E-state index contributed by atoms with van der Waals surface area (Å²) in [5.74, 6) is -6.50. The van der Waals surface area contributed by atoms with Gasteiger partial charge in [0.2, 0.25) is 5.91 Å². The SMILES string of the molecule is COc1ccc(Cn2ncc3cc(N(Cc4ccc(C5CCCCC5)cc4)C(=O)CN(C)SC(=C(/C)F)/C(F)=C(F)\C(F)=C\F)ccc32)cc1. The molecule has 0 bridgehead atoms. The number of hydrogen-bond acceptors (Lipinski definition) is 5. The number of likely N-dealkylation sites (N-methyl/N-ethyl adjacent to an activating group) is 1. The predicted octanol–water partition coefficient (Wildman–Crippen LogP) is 10.4. The van der Waals surface area contributed by atoms with Gasteiger partial charge in [-0.3, -0.25) is 9.48 Å². The van der Waals surface area contributed by atoms with E-state index in [1.807, 2.05) is 59.3 Å². The number of benzene rings is 3. The Hall–Kier alpha value is -4.42. The molecule has 0 atom stereocenters. The minimum absolute atomic E-state index is 0.202. The number of fused-ring (bicyclic) bond motifs is 1. The van der Waals surface area contributed by atoms with Crippen LogP contribution in [0, 0.1) is 0 Å². The molecule has 5 rings (SSSR count). The summed E-state index contributed by atoms with van der Waals surface area (Å²) in [5, 5.41) is 5.37. The highest BCUT2D eigenvalue weighted by Gasteiger charge is 2.25. The molecule has 4 aromatic rings. The molecule has 1 aliphatic rings. The van der Waals surface area contributed by atoms with Crippen LogP contribution in [0.25, 0.3) is 10.9 Å². The Morgan fingerprint density at radius 2 is 1.64 bits per heavy atom. The zero-order valence-electron chi connectivity index (χ0n) is 28.1. The number of allylic oxidation sites excluding steroid dienone is 4. The number of rotatable bonds is 13. The van der Waals surface area contributed by atoms with Crippen molar-refractivity contribution in [3.8, 4) is 5.75 Å². The van der Waals surface area contributed by atoms with Gasteiger partial charge in [0.15, 0.2) is 17.5 Å². The van der Waals surface area contributed by atoms with Crippen molar-refractivity contribution < 1.29 is 31.5 Å². The van der Waals surface area contributed by atoms with Gasteiger partial charge in [0.05, 0.1) is 43.4 Å². The highest BCUT2D eigenvalue weighted by atomic mass is 32.2. The molecule has 50 heavy (non-hydrogen) atoms. The number of carbonyl (C=O) groups is 1. The molecule has 12 heteroatoms. The molecule has 6 nitrogen and oxygen atoms in total. The lowest BCUT2D eigenvalue weighted by molar-refractivity contribution is -0.118. The van der Waals surface area contributed by atoms with Crippen LogP contribution >= 0.6 is 11.9 Å². The van der Waals surface area contributed by atoms with Crippen molar-refractivity contribution >= 4 is 34.4 Å². The topological polar surface area (TPSA) is 50.6 Å². The minimum Gasteiger partial charge on any atom is -0.497 e. The quantitative estimate of drug-likeness (QED) is 0.0786. The van der Waals surface area contributed by atoms with Crippen LogP contribution in [-0.4, -0.2) is 40.7 Å². The third-order valence-electron chi connectivity index (χ3n) is 8.74. The van der Waals surface area contributed by atoms with Crippen LogP contribution in [-0.2, 0) is 17.9 Å². The Kier molecular flexibility index (Phi) is 12.5.